The summed E-state index contributed by atoms with van der Waals surface area (Å²) < 4.78 is 0.780. The number of nitrogens with two attached hydrogens (primary N) is 1. The topological polar surface area (TPSA) is 55.1 Å². The van der Waals surface area contributed by atoms with E-state index in [9.17, 15) is 4.79 Å². The van der Waals surface area contributed by atoms with Crippen molar-refractivity contribution >= 4 is 44.5 Å². The summed E-state index contributed by atoms with van der Waals surface area (Å²) >= 11 is 4.80. The van der Waals surface area contributed by atoms with E-state index >= 15 is 0 Å². The van der Waals surface area contributed by atoms with Crippen LogP contribution in [0.15, 0.2) is 34.1 Å². The molecule has 1 aromatic heterocycles. The highest BCUT2D eigenvalue weighted by Crippen LogP contribution is 2.24. The molecule has 0 spiro atoms. The van der Waals surface area contributed by atoms with Crippen molar-refractivity contribution in [2.75, 3.05) is 11.1 Å². The van der Waals surface area contributed by atoms with E-state index in [-0.39, 0.29) is 5.91 Å². The van der Waals surface area contributed by atoms with Gasteiger partial charge in [-0.05, 0) is 57.6 Å². The molecule has 0 fully saturated rings. The monoisotopic (exact) mass is 324 g/mol. The van der Waals surface area contributed by atoms with Gasteiger partial charge in [-0.3, -0.25) is 4.79 Å². The van der Waals surface area contributed by atoms with Gasteiger partial charge in [0.05, 0.1) is 4.88 Å². The molecule has 0 aliphatic carbocycles. The van der Waals surface area contributed by atoms with Crippen molar-refractivity contribution < 1.29 is 4.79 Å². The molecule has 0 bridgehead atoms. The summed E-state index contributed by atoms with van der Waals surface area (Å²) in [5, 5.41) is 4.81. The highest BCUT2D eigenvalue weighted by atomic mass is 79.9. The van der Waals surface area contributed by atoms with Crippen molar-refractivity contribution in [1.29, 1.82) is 0 Å². The van der Waals surface area contributed by atoms with Crippen molar-refractivity contribution in [2.45, 2.75) is 13.3 Å². The molecule has 0 aliphatic rings. The Morgan fingerprint density at radius 3 is 2.89 bits per heavy atom. The predicted molar refractivity (Wildman–Crippen MR) is 80.2 cm³/mol. The van der Waals surface area contributed by atoms with Crippen LogP contribution < -0.4 is 11.1 Å². The lowest BCUT2D eigenvalue weighted by Gasteiger charge is -2.07. The van der Waals surface area contributed by atoms with Crippen LogP contribution in [0.5, 0.6) is 0 Å². The Hall–Kier alpha value is -1.33. The molecule has 3 nitrogen and oxygen atoms in total. The molecule has 2 aromatic rings. The Labute approximate surface area is 118 Å². The van der Waals surface area contributed by atoms with Crippen molar-refractivity contribution in [3.8, 4) is 0 Å². The average molecular weight is 325 g/mol. The standard InChI is InChI=1S/C13H13BrN2OS/c1-2-8-5-6-18-12(8)13(17)16-9-3-4-11(15)10(14)7-9/h3-7H,2,15H2,1H3,(H,16,17). The molecule has 1 amide bonds. The van der Waals surface area contributed by atoms with Crippen LogP contribution in [-0.4, -0.2) is 5.91 Å². The van der Waals surface area contributed by atoms with Gasteiger partial charge in [0.25, 0.3) is 5.91 Å². The number of nitrogens with one attached hydrogen (secondary N) is 1. The van der Waals surface area contributed by atoms with E-state index in [1.807, 2.05) is 18.4 Å². The second kappa shape index (κ2) is 5.54. The van der Waals surface area contributed by atoms with Crippen molar-refractivity contribution in [3.05, 3.63) is 44.6 Å². The van der Waals surface area contributed by atoms with Crippen LogP contribution in [-0.2, 0) is 6.42 Å². The zero-order valence-corrected chi connectivity index (χ0v) is 12.3. The summed E-state index contributed by atoms with van der Waals surface area (Å²) in [4.78, 5) is 12.9. The van der Waals surface area contributed by atoms with Gasteiger partial charge in [0, 0.05) is 15.8 Å². The first-order valence-electron chi connectivity index (χ1n) is 5.54. The van der Waals surface area contributed by atoms with Crippen LogP contribution in [0.2, 0.25) is 0 Å². The maximum absolute atomic E-state index is 12.1. The van der Waals surface area contributed by atoms with Crippen LogP contribution in [0.25, 0.3) is 0 Å². The van der Waals surface area contributed by atoms with E-state index in [1.54, 1.807) is 18.2 Å². The van der Waals surface area contributed by atoms with Gasteiger partial charge in [0.15, 0.2) is 0 Å². The Morgan fingerprint density at radius 2 is 2.22 bits per heavy atom. The van der Waals surface area contributed by atoms with E-state index in [0.717, 1.165) is 27.0 Å². The Bertz CT molecular complexity index is 580. The Balaban J connectivity index is 2.19. The normalized spacial score (nSPS) is 10.3. The number of nitrogen functional groups attached to an aromatic ring is 1. The molecule has 0 saturated heterocycles. The third kappa shape index (κ3) is 2.73. The Kier molecular flexibility index (Phi) is 4.04. The summed E-state index contributed by atoms with van der Waals surface area (Å²) in [6.07, 6.45) is 0.859. The largest absolute Gasteiger partial charge is 0.398 e. The summed E-state index contributed by atoms with van der Waals surface area (Å²) in [5.41, 5.74) is 8.16. The number of halogens is 1. The smallest absolute Gasteiger partial charge is 0.266 e. The van der Waals surface area contributed by atoms with Gasteiger partial charge in [0.1, 0.15) is 0 Å². The van der Waals surface area contributed by atoms with Crippen LogP contribution in [0.3, 0.4) is 0 Å². The number of carbonyl (C=O) groups is 1. The quantitative estimate of drug-likeness (QED) is 0.841. The number of hydrogen-bond donors (Lipinski definition) is 2. The van der Waals surface area contributed by atoms with Gasteiger partial charge in [-0.2, -0.15) is 0 Å². The van der Waals surface area contributed by atoms with E-state index in [1.165, 1.54) is 11.3 Å². The van der Waals surface area contributed by atoms with Crippen LogP contribution >= 0.6 is 27.3 Å². The number of amides is 1. The molecule has 2 rings (SSSR count). The first-order valence-corrected chi connectivity index (χ1v) is 7.21. The summed E-state index contributed by atoms with van der Waals surface area (Å²) in [6.45, 7) is 2.04. The highest BCUT2D eigenvalue weighted by molar-refractivity contribution is 9.10. The molecule has 94 valence electrons. The number of aryl methyl sites for hydroxylation is 1. The van der Waals surface area contributed by atoms with Gasteiger partial charge in [-0.1, -0.05) is 6.92 Å². The van der Waals surface area contributed by atoms with Crippen LogP contribution in [0.4, 0.5) is 11.4 Å². The summed E-state index contributed by atoms with van der Waals surface area (Å²) in [7, 11) is 0. The minimum atomic E-state index is -0.0708. The maximum atomic E-state index is 12.1. The number of benzene rings is 1. The van der Waals surface area contributed by atoms with E-state index in [2.05, 4.69) is 21.2 Å². The first-order chi connectivity index (χ1) is 8.61. The lowest BCUT2D eigenvalue weighted by atomic mass is 10.2. The second-order valence-corrected chi connectivity index (χ2v) is 5.59. The molecule has 0 aliphatic heterocycles. The number of hydrogen-bond acceptors (Lipinski definition) is 3. The van der Waals surface area contributed by atoms with E-state index < -0.39 is 0 Å². The molecule has 18 heavy (non-hydrogen) atoms. The van der Waals surface area contributed by atoms with Crippen molar-refractivity contribution in [1.82, 2.24) is 0 Å². The fourth-order valence-electron chi connectivity index (χ4n) is 1.61. The molecule has 3 N–H and O–H groups in total. The third-order valence-corrected chi connectivity index (χ3v) is 4.23. The van der Waals surface area contributed by atoms with Crippen molar-refractivity contribution in [2.24, 2.45) is 0 Å². The number of thiophene rings is 1. The summed E-state index contributed by atoms with van der Waals surface area (Å²) in [6, 6.07) is 7.33. The van der Waals surface area contributed by atoms with Gasteiger partial charge in [-0.15, -0.1) is 11.3 Å². The van der Waals surface area contributed by atoms with Crippen molar-refractivity contribution in [3.63, 3.8) is 0 Å². The van der Waals surface area contributed by atoms with Gasteiger partial charge >= 0.3 is 0 Å². The molecule has 1 heterocycles. The van der Waals surface area contributed by atoms with E-state index in [4.69, 9.17) is 5.73 Å². The minimum Gasteiger partial charge on any atom is -0.398 e. The second-order valence-electron chi connectivity index (χ2n) is 3.82. The van der Waals surface area contributed by atoms with E-state index in [0.29, 0.717) is 5.69 Å². The highest BCUT2D eigenvalue weighted by Gasteiger charge is 2.12. The first kappa shape index (κ1) is 13.1. The minimum absolute atomic E-state index is 0.0708. The molecule has 0 atom stereocenters. The molecule has 1 aromatic carbocycles. The lowest BCUT2D eigenvalue weighted by molar-refractivity contribution is 0.103. The average Bonchev–Trinajstić information content (AvgIpc) is 2.82. The Morgan fingerprint density at radius 1 is 1.44 bits per heavy atom. The SMILES string of the molecule is CCc1ccsc1C(=O)Nc1ccc(N)c(Br)c1. The van der Waals surface area contributed by atoms with Crippen LogP contribution in [0, 0.1) is 0 Å². The van der Waals surface area contributed by atoms with Gasteiger partial charge in [0.2, 0.25) is 0 Å². The van der Waals surface area contributed by atoms with Gasteiger partial charge < -0.3 is 11.1 Å². The maximum Gasteiger partial charge on any atom is 0.266 e. The fourth-order valence-corrected chi connectivity index (χ4v) is 2.88. The molecular formula is C13H13BrN2OS. The zero-order chi connectivity index (χ0) is 13.1. The predicted octanol–water partition coefficient (Wildman–Crippen LogP) is 3.91. The lowest BCUT2D eigenvalue weighted by Crippen LogP contribution is -2.12. The number of anilines is 2. The summed E-state index contributed by atoms with van der Waals surface area (Å²) in [5.74, 6) is -0.0708. The fraction of sp³-hybridized carbons (Fsp3) is 0.154. The zero-order valence-electron chi connectivity index (χ0n) is 9.87. The molecule has 0 radical (unpaired) electrons. The number of rotatable bonds is 3. The molecular weight excluding hydrogens is 312 g/mol. The molecule has 0 saturated carbocycles. The van der Waals surface area contributed by atoms with Gasteiger partial charge in [-0.25, -0.2) is 0 Å². The molecule has 0 unspecified atom stereocenters. The number of carbonyl (C=O) groups excluding carboxylic acids is 1. The van der Waals surface area contributed by atoms with Crippen LogP contribution in [0.1, 0.15) is 22.2 Å². The third-order valence-electron chi connectivity index (χ3n) is 2.59. The molecule has 5 heteroatoms.